The van der Waals surface area contributed by atoms with Gasteiger partial charge < -0.3 is 5.11 Å². The van der Waals surface area contributed by atoms with Crippen LogP contribution >= 0.6 is 11.6 Å². The maximum Gasteiger partial charge on any atom is 0.240 e. The second-order valence-electron chi connectivity index (χ2n) is 2.29. The molecule has 1 aromatic rings. The number of rotatable bonds is 1. The van der Waals surface area contributed by atoms with Gasteiger partial charge in [-0.05, 0) is 18.6 Å². The van der Waals surface area contributed by atoms with E-state index in [1.54, 1.807) is 6.92 Å². The van der Waals surface area contributed by atoms with Crippen LogP contribution in [0.15, 0.2) is 17.1 Å². The lowest BCUT2D eigenvalue weighted by Gasteiger charge is -2.00. The second-order valence-corrected chi connectivity index (χ2v) is 2.70. The number of aryl methyl sites for hydroxylation is 1. The fraction of sp³-hybridized carbons (Fsp3) is 0.125. The third-order valence-corrected chi connectivity index (χ3v) is 1.73. The molecule has 12 heavy (non-hydrogen) atoms. The van der Waals surface area contributed by atoms with Gasteiger partial charge in [0.05, 0.1) is 10.7 Å². The molecule has 1 rings (SSSR count). The summed E-state index contributed by atoms with van der Waals surface area (Å²) in [7, 11) is 0. The van der Waals surface area contributed by atoms with E-state index in [1.165, 1.54) is 18.2 Å². The van der Waals surface area contributed by atoms with Crippen LogP contribution in [0.5, 0.6) is 5.75 Å². The Balaban J connectivity index is 3.32. The highest BCUT2D eigenvalue weighted by Crippen LogP contribution is 2.31. The first-order valence-electron chi connectivity index (χ1n) is 3.22. The summed E-state index contributed by atoms with van der Waals surface area (Å²) in [6.07, 6.45) is 1.35. The normalized spacial score (nSPS) is 9.17. The molecular formula is C8H6ClNO2. The van der Waals surface area contributed by atoms with E-state index < -0.39 is 0 Å². The van der Waals surface area contributed by atoms with Crippen LogP contribution in [0.25, 0.3) is 0 Å². The summed E-state index contributed by atoms with van der Waals surface area (Å²) in [5, 5.41) is 9.53. The van der Waals surface area contributed by atoms with Crippen molar-refractivity contribution >= 4 is 23.4 Å². The predicted molar refractivity (Wildman–Crippen MR) is 45.6 cm³/mol. The Hall–Kier alpha value is -1.31. The average Bonchev–Trinajstić information content (AvgIpc) is 2.01. The van der Waals surface area contributed by atoms with Gasteiger partial charge in [-0.3, -0.25) is 0 Å². The molecule has 1 N–H and O–H groups in total. The van der Waals surface area contributed by atoms with Crippen molar-refractivity contribution in [1.29, 1.82) is 0 Å². The third-order valence-electron chi connectivity index (χ3n) is 1.43. The third kappa shape index (κ3) is 1.64. The Morgan fingerprint density at radius 2 is 2.25 bits per heavy atom. The monoisotopic (exact) mass is 183 g/mol. The number of phenolic OH excluding ortho intramolecular Hbond substituents is 1. The molecule has 0 amide bonds. The summed E-state index contributed by atoms with van der Waals surface area (Å²) in [5.74, 6) is 0.0633. The number of hydrogen-bond donors (Lipinski definition) is 1. The number of phenols is 1. The van der Waals surface area contributed by atoms with Crippen LogP contribution in [0.4, 0.5) is 5.69 Å². The summed E-state index contributed by atoms with van der Waals surface area (Å²) in [4.78, 5) is 13.2. The quantitative estimate of drug-likeness (QED) is 0.537. The summed E-state index contributed by atoms with van der Waals surface area (Å²) in [6.45, 7) is 1.70. The highest BCUT2D eigenvalue weighted by molar-refractivity contribution is 6.33. The number of aliphatic imine (C=N–C) groups is 1. The molecule has 1 aromatic carbocycles. The van der Waals surface area contributed by atoms with Crippen molar-refractivity contribution in [3.05, 3.63) is 22.7 Å². The Labute approximate surface area is 74.3 Å². The molecule has 4 heteroatoms. The molecule has 0 saturated carbocycles. The number of nitrogens with zero attached hydrogens (tertiary/aromatic N) is 1. The molecule has 3 nitrogen and oxygen atoms in total. The first-order chi connectivity index (χ1) is 5.65. The molecule has 0 aromatic heterocycles. The van der Waals surface area contributed by atoms with Crippen molar-refractivity contribution in [1.82, 2.24) is 0 Å². The second kappa shape index (κ2) is 3.39. The molecule has 0 radical (unpaired) electrons. The molecule has 0 unspecified atom stereocenters. The zero-order chi connectivity index (χ0) is 9.14. The summed E-state index contributed by atoms with van der Waals surface area (Å²) < 4.78 is 0. The maximum absolute atomic E-state index is 9.89. The number of halogens is 1. The molecule has 0 bridgehead atoms. The molecule has 0 fully saturated rings. The fourth-order valence-electron chi connectivity index (χ4n) is 0.785. The Bertz CT molecular complexity index is 356. The number of hydrogen-bond acceptors (Lipinski definition) is 3. The van der Waals surface area contributed by atoms with Gasteiger partial charge in [-0.2, -0.15) is 4.99 Å². The highest BCUT2D eigenvalue weighted by atomic mass is 35.5. The smallest absolute Gasteiger partial charge is 0.240 e. The van der Waals surface area contributed by atoms with Gasteiger partial charge in [-0.25, -0.2) is 4.79 Å². The SMILES string of the molecule is Cc1cc(Cl)c(N=C=O)cc1O. The van der Waals surface area contributed by atoms with Crippen molar-refractivity contribution in [2.24, 2.45) is 4.99 Å². The minimum Gasteiger partial charge on any atom is -0.508 e. The van der Waals surface area contributed by atoms with Crippen LogP contribution in [-0.2, 0) is 4.79 Å². The van der Waals surface area contributed by atoms with Gasteiger partial charge in [0, 0.05) is 6.07 Å². The topological polar surface area (TPSA) is 49.7 Å². The van der Waals surface area contributed by atoms with E-state index in [0.717, 1.165) is 0 Å². The summed E-state index contributed by atoms with van der Waals surface area (Å²) in [6, 6.07) is 2.86. The molecule has 0 heterocycles. The van der Waals surface area contributed by atoms with E-state index in [1.807, 2.05) is 0 Å². The molecule has 0 aliphatic rings. The van der Waals surface area contributed by atoms with E-state index in [-0.39, 0.29) is 11.4 Å². The van der Waals surface area contributed by atoms with Gasteiger partial charge in [-0.15, -0.1) is 0 Å². The summed E-state index contributed by atoms with van der Waals surface area (Å²) in [5.41, 5.74) is 0.875. The Morgan fingerprint density at radius 3 is 2.83 bits per heavy atom. The van der Waals surface area contributed by atoms with Gasteiger partial charge in [0.15, 0.2) is 0 Å². The Morgan fingerprint density at radius 1 is 1.58 bits per heavy atom. The molecule has 0 aliphatic carbocycles. The molecular weight excluding hydrogens is 178 g/mol. The standard InChI is InChI=1S/C8H6ClNO2/c1-5-2-6(9)7(10-4-11)3-8(5)12/h2-3,12H,1H3. The predicted octanol–water partition coefficient (Wildman–Crippen LogP) is 2.32. The van der Waals surface area contributed by atoms with Gasteiger partial charge >= 0.3 is 0 Å². The van der Waals surface area contributed by atoms with Crippen LogP contribution < -0.4 is 0 Å². The van der Waals surface area contributed by atoms with Crippen molar-refractivity contribution < 1.29 is 9.90 Å². The van der Waals surface area contributed by atoms with Gasteiger partial charge in [-0.1, -0.05) is 11.6 Å². The van der Waals surface area contributed by atoms with Crippen LogP contribution in [0, 0.1) is 6.92 Å². The van der Waals surface area contributed by atoms with E-state index in [9.17, 15) is 9.90 Å². The molecule has 0 atom stereocenters. The highest BCUT2D eigenvalue weighted by Gasteiger charge is 2.03. The lowest BCUT2D eigenvalue weighted by molar-refractivity contribution is 0.471. The van der Waals surface area contributed by atoms with Crippen molar-refractivity contribution in [3.8, 4) is 5.75 Å². The van der Waals surface area contributed by atoms with E-state index in [4.69, 9.17) is 11.6 Å². The molecule has 0 aliphatic heterocycles. The van der Waals surface area contributed by atoms with E-state index >= 15 is 0 Å². The van der Waals surface area contributed by atoms with Crippen molar-refractivity contribution in [2.75, 3.05) is 0 Å². The molecule has 0 spiro atoms. The first-order valence-corrected chi connectivity index (χ1v) is 3.60. The van der Waals surface area contributed by atoms with Crippen LogP contribution in [-0.4, -0.2) is 11.2 Å². The Kier molecular flexibility index (Phi) is 2.48. The number of benzene rings is 1. The minimum atomic E-state index is 0.0633. The summed E-state index contributed by atoms with van der Waals surface area (Å²) >= 11 is 5.70. The number of aromatic hydroxyl groups is 1. The first kappa shape index (κ1) is 8.78. The minimum absolute atomic E-state index is 0.0633. The zero-order valence-corrected chi connectivity index (χ0v) is 7.09. The number of carbonyl (C=O) groups excluding carboxylic acids is 1. The number of isocyanates is 1. The van der Waals surface area contributed by atoms with E-state index in [2.05, 4.69) is 4.99 Å². The average molecular weight is 184 g/mol. The zero-order valence-electron chi connectivity index (χ0n) is 6.34. The maximum atomic E-state index is 9.89. The van der Waals surface area contributed by atoms with Crippen molar-refractivity contribution in [3.63, 3.8) is 0 Å². The van der Waals surface area contributed by atoms with E-state index in [0.29, 0.717) is 10.6 Å². The van der Waals surface area contributed by atoms with Crippen LogP contribution in [0.2, 0.25) is 5.02 Å². The van der Waals surface area contributed by atoms with Crippen LogP contribution in [0.3, 0.4) is 0 Å². The fourth-order valence-corrected chi connectivity index (χ4v) is 1.05. The molecule has 0 saturated heterocycles. The largest absolute Gasteiger partial charge is 0.508 e. The van der Waals surface area contributed by atoms with Gasteiger partial charge in [0.25, 0.3) is 0 Å². The molecule has 62 valence electrons. The van der Waals surface area contributed by atoms with Crippen LogP contribution in [0.1, 0.15) is 5.56 Å². The lowest BCUT2D eigenvalue weighted by atomic mass is 10.2. The van der Waals surface area contributed by atoms with Gasteiger partial charge in [0.1, 0.15) is 5.75 Å². The van der Waals surface area contributed by atoms with Crippen molar-refractivity contribution in [2.45, 2.75) is 6.92 Å². The lowest BCUT2D eigenvalue weighted by Crippen LogP contribution is -1.75. The van der Waals surface area contributed by atoms with Gasteiger partial charge in [0.2, 0.25) is 6.08 Å².